The molecule has 1 heterocycles. The van der Waals surface area contributed by atoms with Crippen LogP contribution in [0.2, 0.25) is 5.02 Å². The summed E-state index contributed by atoms with van der Waals surface area (Å²) in [7, 11) is 0. The fourth-order valence-electron chi connectivity index (χ4n) is 2.00. The Kier molecular flexibility index (Phi) is 6.32. The number of carbonyl (C=O) groups excluding carboxylic acids is 2. The Hall–Kier alpha value is -2.40. The van der Waals surface area contributed by atoms with Gasteiger partial charge in [0.25, 0.3) is 11.8 Å². The molecule has 0 fully saturated rings. The minimum absolute atomic E-state index is 0.223. The summed E-state index contributed by atoms with van der Waals surface area (Å²) >= 11 is 6.07. The molecule has 0 aliphatic rings. The summed E-state index contributed by atoms with van der Waals surface area (Å²) in [5.74, 6) is -0.226. The monoisotopic (exact) mass is 345 g/mol. The van der Waals surface area contributed by atoms with Crippen LogP contribution in [-0.4, -0.2) is 23.3 Å². The molecule has 0 radical (unpaired) electrons. The number of benzene rings is 1. The lowest BCUT2D eigenvalue weighted by Gasteiger charge is -2.09. The van der Waals surface area contributed by atoms with E-state index < -0.39 is 0 Å². The Bertz CT molecular complexity index is 732. The predicted octanol–water partition coefficient (Wildman–Crippen LogP) is 3.05. The van der Waals surface area contributed by atoms with Gasteiger partial charge in [-0.15, -0.1) is 0 Å². The average molecular weight is 346 g/mol. The van der Waals surface area contributed by atoms with Crippen LogP contribution in [0, 0.1) is 5.92 Å². The van der Waals surface area contributed by atoms with Crippen LogP contribution in [0.4, 0.5) is 0 Å². The highest BCUT2D eigenvalue weighted by Crippen LogP contribution is 2.14. The van der Waals surface area contributed by atoms with E-state index in [4.69, 9.17) is 11.6 Å². The summed E-state index contributed by atoms with van der Waals surface area (Å²) in [6.45, 7) is 4.89. The summed E-state index contributed by atoms with van der Waals surface area (Å²) < 4.78 is 0. The summed E-state index contributed by atoms with van der Waals surface area (Å²) in [5.41, 5.74) is 1.43. The number of rotatable bonds is 6. The van der Waals surface area contributed by atoms with Crippen molar-refractivity contribution >= 4 is 23.4 Å². The van der Waals surface area contributed by atoms with Gasteiger partial charge in [-0.1, -0.05) is 43.6 Å². The van der Waals surface area contributed by atoms with Gasteiger partial charge in [-0.2, -0.15) is 0 Å². The average Bonchev–Trinajstić information content (AvgIpc) is 2.58. The molecule has 0 unspecified atom stereocenters. The van der Waals surface area contributed by atoms with E-state index in [1.165, 1.54) is 12.3 Å². The SMILES string of the molecule is CC(C)CNC(=O)c1cc(C(=O)NCc2ccccc2Cl)ccn1. The van der Waals surface area contributed by atoms with Crippen molar-refractivity contribution < 1.29 is 9.59 Å². The van der Waals surface area contributed by atoms with E-state index in [0.717, 1.165) is 5.56 Å². The number of amides is 2. The van der Waals surface area contributed by atoms with Gasteiger partial charge in [-0.25, -0.2) is 0 Å². The van der Waals surface area contributed by atoms with Crippen LogP contribution in [0.25, 0.3) is 0 Å². The molecule has 2 amide bonds. The Labute approximate surface area is 146 Å². The largest absolute Gasteiger partial charge is 0.350 e. The molecule has 0 aliphatic carbocycles. The summed E-state index contributed by atoms with van der Waals surface area (Å²) in [6, 6.07) is 10.4. The van der Waals surface area contributed by atoms with E-state index in [1.54, 1.807) is 12.1 Å². The zero-order chi connectivity index (χ0) is 17.5. The highest BCUT2D eigenvalue weighted by Gasteiger charge is 2.12. The number of nitrogens with one attached hydrogen (secondary N) is 2. The predicted molar refractivity (Wildman–Crippen MR) is 94.0 cm³/mol. The second-order valence-corrected chi connectivity index (χ2v) is 6.21. The first-order chi connectivity index (χ1) is 11.5. The standard InChI is InChI=1S/C18H20ClN3O2/c1-12(2)10-21-18(24)16-9-13(7-8-20-16)17(23)22-11-14-5-3-4-6-15(14)19/h3-9,12H,10-11H2,1-2H3,(H,21,24)(H,22,23). The molecule has 0 spiro atoms. The van der Waals surface area contributed by atoms with Crippen molar-refractivity contribution in [2.24, 2.45) is 5.92 Å². The molecule has 2 N–H and O–H groups in total. The first kappa shape index (κ1) is 17.9. The highest BCUT2D eigenvalue weighted by atomic mass is 35.5. The number of carbonyl (C=O) groups is 2. The number of halogens is 1. The van der Waals surface area contributed by atoms with Gasteiger partial charge in [-0.05, 0) is 29.7 Å². The summed E-state index contributed by atoms with van der Waals surface area (Å²) in [4.78, 5) is 28.3. The molecular formula is C18H20ClN3O2. The maximum Gasteiger partial charge on any atom is 0.269 e. The number of hydrogen-bond donors (Lipinski definition) is 2. The van der Waals surface area contributed by atoms with Gasteiger partial charge in [0.05, 0.1) is 0 Å². The van der Waals surface area contributed by atoms with Crippen molar-refractivity contribution in [3.8, 4) is 0 Å². The molecule has 126 valence electrons. The van der Waals surface area contributed by atoms with Crippen LogP contribution in [-0.2, 0) is 6.54 Å². The second kappa shape index (κ2) is 8.45. The summed E-state index contributed by atoms with van der Waals surface area (Å²) in [6.07, 6.45) is 1.45. The number of nitrogens with zero attached hydrogens (tertiary/aromatic N) is 1. The van der Waals surface area contributed by atoms with Crippen LogP contribution in [0.3, 0.4) is 0 Å². The third kappa shape index (κ3) is 5.06. The first-order valence-corrected chi connectivity index (χ1v) is 8.11. The van der Waals surface area contributed by atoms with E-state index in [1.807, 2.05) is 32.0 Å². The van der Waals surface area contributed by atoms with Crippen molar-refractivity contribution in [2.45, 2.75) is 20.4 Å². The zero-order valence-corrected chi connectivity index (χ0v) is 14.4. The Morgan fingerprint density at radius 1 is 1.12 bits per heavy atom. The van der Waals surface area contributed by atoms with Crippen molar-refractivity contribution in [3.05, 3.63) is 64.4 Å². The van der Waals surface area contributed by atoms with E-state index in [-0.39, 0.29) is 17.5 Å². The van der Waals surface area contributed by atoms with Crippen LogP contribution in [0.15, 0.2) is 42.6 Å². The Morgan fingerprint density at radius 2 is 1.88 bits per heavy atom. The molecule has 0 saturated carbocycles. The third-order valence-corrected chi connectivity index (χ3v) is 3.69. The molecule has 0 saturated heterocycles. The van der Waals surface area contributed by atoms with Gasteiger partial charge < -0.3 is 10.6 Å². The van der Waals surface area contributed by atoms with Gasteiger partial charge in [0.15, 0.2) is 0 Å². The number of hydrogen-bond acceptors (Lipinski definition) is 3. The molecule has 24 heavy (non-hydrogen) atoms. The van der Waals surface area contributed by atoms with Crippen LogP contribution < -0.4 is 10.6 Å². The van der Waals surface area contributed by atoms with Crippen LogP contribution in [0.1, 0.15) is 40.3 Å². The molecule has 1 aromatic heterocycles. The van der Waals surface area contributed by atoms with Gasteiger partial charge in [-0.3, -0.25) is 14.6 Å². The molecular weight excluding hydrogens is 326 g/mol. The number of aromatic nitrogens is 1. The second-order valence-electron chi connectivity index (χ2n) is 5.81. The highest BCUT2D eigenvalue weighted by molar-refractivity contribution is 6.31. The van der Waals surface area contributed by atoms with Crippen molar-refractivity contribution in [1.29, 1.82) is 0 Å². The van der Waals surface area contributed by atoms with Crippen molar-refractivity contribution in [1.82, 2.24) is 15.6 Å². The topological polar surface area (TPSA) is 71.1 Å². The van der Waals surface area contributed by atoms with Crippen molar-refractivity contribution in [3.63, 3.8) is 0 Å². The fourth-order valence-corrected chi connectivity index (χ4v) is 2.21. The Balaban J connectivity index is 2.01. The maximum atomic E-state index is 12.3. The zero-order valence-electron chi connectivity index (χ0n) is 13.7. The van der Waals surface area contributed by atoms with E-state index in [0.29, 0.717) is 29.6 Å². The summed E-state index contributed by atoms with van der Waals surface area (Å²) in [5, 5.41) is 6.17. The molecule has 2 rings (SSSR count). The first-order valence-electron chi connectivity index (χ1n) is 7.73. The third-order valence-electron chi connectivity index (χ3n) is 3.32. The minimum Gasteiger partial charge on any atom is -0.350 e. The van der Waals surface area contributed by atoms with Crippen LogP contribution in [0.5, 0.6) is 0 Å². The van der Waals surface area contributed by atoms with Gasteiger partial charge in [0, 0.05) is 29.9 Å². The van der Waals surface area contributed by atoms with Gasteiger partial charge >= 0.3 is 0 Å². The van der Waals surface area contributed by atoms with Crippen LogP contribution >= 0.6 is 11.6 Å². The van der Waals surface area contributed by atoms with E-state index >= 15 is 0 Å². The normalized spacial score (nSPS) is 10.5. The molecule has 0 bridgehead atoms. The molecule has 2 aromatic rings. The molecule has 0 atom stereocenters. The molecule has 5 nitrogen and oxygen atoms in total. The smallest absolute Gasteiger partial charge is 0.269 e. The molecule has 0 aliphatic heterocycles. The quantitative estimate of drug-likeness (QED) is 0.845. The molecule has 1 aromatic carbocycles. The van der Waals surface area contributed by atoms with E-state index in [9.17, 15) is 9.59 Å². The van der Waals surface area contributed by atoms with E-state index in [2.05, 4.69) is 15.6 Å². The lowest BCUT2D eigenvalue weighted by Crippen LogP contribution is -2.29. The van der Waals surface area contributed by atoms with Crippen molar-refractivity contribution in [2.75, 3.05) is 6.54 Å². The lowest BCUT2D eigenvalue weighted by atomic mass is 10.2. The molecule has 6 heteroatoms. The van der Waals surface area contributed by atoms with Gasteiger partial charge in [0.2, 0.25) is 0 Å². The fraction of sp³-hybridized carbons (Fsp3) is 0.278. The minimum atomic E-state index is -0.288. The maximum absolute atomic E-state index is 12.3. The number of pyridine rings is 1. The lowest BCUT2D eigenvalue weighted by molar-refractivity contribution is 0.0944. The Morgan fingerprint density at radius 3 is 2.58 bits per heavy atom. The van der Waals surface area contributed by atoms with Gasteiger partial charge in [0.1, 0.15) is 5.69 Å².